The van der Waals surface area contributed by atoms with Gasteiger partial charge in [0.05, 0.1) is 17.1 Å². The molecule has 80 valence electrons. The van der Waals surface area contributed by atoms with E-state index in [1.807, 2.05) is 38.6 Å². The number of nitrogens with zero attached hydrogens (tertiary/aromatic N) is 4. The van der Waals surface area contributed by atoms with E-state index in [4.69, 9.17) is 5.73 Å². The summed E-state index contributed by atoms with van der Waals surface area (Å²) < 4.78 is 3.58. The Balaban J connectivity index is 2.68. The van der Waals surface area contributed by atoms with E-state index in [0.717, 1.165) is 22.9 Å². The maximum atomic E-state index is 5.97. The molecule has 0 fully saturated rings. The smallest absolute Gasteiger partial charge is 0.175 e. The second-order valence-electron chi connectivity index (χ2n) is 3.79. The fraction of sp³-hybridized carbons (Fsp3) is 0.400. The summed E-state index contributed by atoms with van der Waals surface area (Å²) in [5.74, 6) is 0.832. The summed E-state index contributed by atoms with van der Waals surface area (Å²) in [5.41, 5.74) is 9.52. The molecule has 0 saturated carbocycles. The maximum absolute atomic E-state index is 5.97. The zero-order valence-electron chi connectivity index (χ0n) is 9.44. The Morgan fingerprint density at radius 2 is 1.87 bits per heavy atom. The standard InChI is InChI=1S/C10H15N5/c1-6-5-7(2)15(12-6)10-9(11)8(3)13-14(10)4/h5H,11H2,1-4H3. The second kappa shape index (κ2) is 3.12. The molecule has 5 heteroatoms. The summed E-state index contributed by atoms with van der Waals surface area (Å²) >= 11 is 0. The fourth-order valence-corrected chi connectivity index (χ4v) is 1.76. The number of nitrogens with two attached hydrogens (primary N) is 1. The van der Waals surface area contributed by atoms with Gasteiger partial charge < -0.3 is 5.73 Å². The summed E-state index contributed by atoms with van der Waals surface area (Å²) in [6.07, 6.45) is 0. The second-order valence-corrected chi connectivity index (χ2v) is 3.79. The lowest BCUT2D eigenvalue weighted by atomic mass is 10.3. The van der Waals surface area contributed by atoms with Crippen LogP contribution in [0.3, 0.4) is 0 Å². The molecular weight excluding hydrogens is 190 g/mol. The summed E-state index contributed by atoms with van der Waals surface area (Å²) in [4.78, 5) is 0. The molecule has 0 aliphatic heterocycles. The number of aromatic nitrogens is 4. The largest absolute Gasteiger partial charge is 0.394 e. The summed E-state index contributed by atoms with van der Waals surface area (Å²) in [6.45, 7) is 5.86. The average Bonchev–Trinajstić information content (AvgIpc) is 2.56. The van der Waals surface area contributed by atoms with Gasteiger partial charge in [-0.25, -0.2) is 9.36 Å². The molecule has 0 atom stereocenters. The van der Waals surface area contributed by atoms with Crippen LogP contribution >= 0.6 is 0 Å². The monoisotopic (exact) mass is 205 g/mol. The SMILES string of the molecule is Cc1cc(C)n(-c2c(N)c(C)nn2C)n1. The summed E-state index contributed by atoms with van der Waals surface area (Å²) in [7, 11) is 1.87. The van der Waals surface area contributed by atoms with Crippen LogP contribution in [0.15, 0.2) is 6.07 Å². The highest BCUT2D eigenvalue weighted by molar-refractivity contribution is 5.57. The van der Waals surface area contributed by atoms with Crippen LogP contribution in [-0.4, -0.2) is 19.6 Å². The molecule has 0 radical (unpaired) electrons. The van der Waals surface area contributed by atoms with Crippen molar-refractivity contribution in [2.75, 3.05) is 5.73 Å². The minimum absolute atomic E-state index is 0.684. The first-order valence-electron chi connectivity index (χ1n) is 4.83. The van der Waals surface area contributed by atoms with Gasteiger partial charge in [-0.05, 0) is 26.8 Å². The van der Waals surface area contributed by atoms with E-state index in [1.165, 1.54) is 0 Å². The van der Waals surface area contributed by atoms with Gasteiger partial charge in [0, 0.05) is 12.7 Å². The lowest BCUT2D eigenvalue weighted by molar-refractivity contribution is 0.683. The Kier molecular flexibility index (Phi) is 2.03. The van der Waals surface area contributed by atoms with Crippen molar-refractivity contribution in [3.63, 3.8) is 0 Å². The molecule has 0 unspecified atom stereocenters. The third-order valence-corrected chi connectivity index (χ3v) is 2.45. The van der Waals surface area contributed by atoms with Crippen LogP contribution in [0.25, 0.3) is 5.82 Å². The van der Waals surface area contributed by atoms with E-state index in [9.17, 15) is 0 Å². The zero-order valence-corrected chi connectivity index (χ0v) is 9.44. The van der Waals surface area contributed by atoms with Crippen LogP contribution in [-0.2, 0) is 7.05 Å². The minimum atomic E-state index is 0.684. The number of hydrogen-bond donors (Lipinski definition) is 1. The van der Waals surface area contributed by atoms with Crippen LogP contribution in [0.4, 0.5) is 5.69 Å². The molecule has 0 amide bonds. The highest BCUT2D eigenvalue weighted by Gasteiger charge is 2.14. The molecule has 2 N–H and O–H groups in total. The Morgan fingerprint density at radius 3 is 2.27 bits per heavy atom. The van der Waals surface area contributed by atoms with E-state index < -0.39 is 0 Å². The molecule has 2 aromatic rings. The Labute approximate surface area is 88.5 Å². The molecule has 5 nitrogen and oxygen atoms in total. The number of rotatable bonds is 1. The van der Waals surface area contributed by atoms with Crippen LogP contribution < -0.4 is 5.73 Å². The van der Waals surface area contributed by atoms with Gasteiger partial charge >= 0.3 is 0 Å². The lowest BCUT2D eigenvalue weighted by Gasteiger charge is -2.05. The van der Waals surface area contributed by atoms with Crippen molar-refractivity contribution in [2.45, 2.75) is 20.8 Å². The topological polar surface area (TPSA) is 61.7 Å². The number of anilines is 1. The third kappa shape index (κ3) is 1.40. The van der Waals surface area contributed by atoms with Gasteiger partial charge in [-0.1, -0.05) is 0 Å². The fourth-order valence-electron chi connectivity index (χ4n) is 1.76. The van der Waals surface area contributed by atoms with E-state index >= 15 is 0 Å². The van der Waals surface area contributed by atoms with Gasteiger partial charge in [0.15, 0.2) is 5.82 Å². The van der Waals surface area contributed by atoms with E-state index in [0.29, 0.717) is 5.69 Å². The van der Waals surface area contributed by atoms with Crippen molar-refractivity contribution in [3.8, 4) is 5.82 Å². The van der Waals surface area contributed by atoms with Gasteiger partial charge in [0.25, 0.3) is 0 Å². The van der Waals surface area contributed by atoms with Crippen molar-refractivity contribution in [1.29, 1.82) is 0 Å². The highest BCUT2D eigenvalue weighted by atomic mass is 15.4. The quantitative estimate of drug-likeness (QED) is 0.758. The highest BCUT2D eigenvalue weighted by Crippen LogP contribution is 2.21. The normalized spacial score (nSPS) is 10.9. The molecule has 2 rings (SSSR count). The van der Waals surface area contributed by atoms with E-state index in [2.05, 4.69) is 10.2 Å². The first-order chi connectivity index (χ1) is 7.00. The summed E-state index contributed by atoms with van der Waals surface area (Å²) in [6, 6.07) is 2.02. The van der Waals surface area contributed by atoms with Gasteiger partial charge in [-0.3, -0.25) is 0 Å². The van der Waals surface area contributed by atoms with E-state index in [-0.39, 0.29) is 0 Å². The molecule has 0 bridgehead atoms. The molecule has 0 aliphatic carbocycles. The van der Waals surface area contributed by atoms with Crippen LogP contribution in [0.5, 0.6) is 0 Å². The van der Waals surface area contributed by atoms with Gasteiger partial charge in [0.1, 0.15) is 0 Å². The molecule has 2 aromatic heterocycles. The number of aryl methyl sites for hydroxylation is 4. The van der Waals surface area contributed by atoms with E-state index in [1.54, 1.807) is 4.68 Å². The first kappa shape index (κ1) is 9.76. The van der Waals surface area contributed by atoms with Gasteiger partial charge in [-0.2, -0.15) is 10.2 Å². The lowest BCUT2D eigenvalue weighted by Crippen LogP contribution is -2.08. The Hall–Kier alpha value is -1.78. The first-order valence-corrected chi connectivity index (χ1v) is 4.83. The minimum Gasteiger partial charge on any atom is -0.394 e. The van der Waals surface area contributed by atoms with Crippen LogP contribution in [0, 0.1) is 20.8 Å². The van der Waals surface area contributed by atoms with Crippen molar-refractivity contribution in [2.24, 2.45) is 7.05 Å². The predicted octanol–water partition coefficient (Wildman–Crippen LogP) is 1.11. The Bertz CT molecular complexity index is 506. The molecule has 2 heterocycles. The summed E-state index contributed by atoms with van der Waals surface area (Å²) in [5, 5.41) is 8.66. The van der Waals surface area contributed by atoms with Gasteiger partial charge in [0.2, 0.25) is 0 Å². The molecule has 0 aliphatic rings. The number of nitrogen functional groups attached to an aromatic ring is 1. The molecular formula is C10H15N5. The van der Waals surface area contributed by atoms with Crippen LogP contribution in [0.2, 0.25) is 0 Å². The molecule has 0 aromatic carbocycles. The van der Waals surface area contributed by atoms with Gasteiger partial charge in [-0.15, -0.1) is 0 Å². The van der Waals surface area contributed by atoms with Crippen molar-refractivity contribution >= 4 is 5.69 Å². The zero-order chi connectivity index (χ0) is 11.2. The van der Waals surface area contributed by atoms with Crippen molar-refractivity contribution < 1.29 is 0 Å². The van der Waals surface area contributed by atoms with Crippen LogP contribution in [0.1, 0.15) is 17.1 Å². The predicted molar refractivity (Wildman–Crippen MR) is 59.0 cm³/mol. The average molecular weight is 205 g/mol. The van der Waals surface area contributed by atoms with Crippen molar-refractivity contribution in [3.05, 3.63) is 23.1 Å². The maximum Gasteiger partial charge on any atom is 0.175 e. The molecule has 15 heavy (non-hydrogen) atoms. The number of hydrogen-bond acceptors (Lipinski definition) is 3. The van der Waals surface area contributed by atoms with Crippen molar-refractivity contribution in [1.82, 2.24) is 19.6 Å². The molecule has 0 spiro atoms. The Morgan fingerprint density at radius 1 is 1.20 bits per heavy atom. The third-order valence-electron chi connectivity index (χ3n) is 2.45. The molecule has 0 saturated heterocycles.